The van der Waals surface area contributed by atoms with Crippen LogP contribution in [0.1, 0.15) is 0 Å². The number of halogens is 6. The first-order valence-electron chi connectivity index (χ1n) is 4.67. The lowest BCUT2D eigenvalue weighted by Crippen LogP contribution is -2.62. The van der Waals surface area contributed by atoms with E-state index in [9.17, 15) is 0 Å². The summed E-state index contributed by atoms with van der Waals surface area (Å²) in [6, 6.07) is 0. The third-order valence-corrected chi connectivity index (χ3v) is 43.3. The van der Waals surface area contributed by atoms with E-state index in [1.807, 2.05) is 0 Å². The molecule has 0 nitrogen and oxygen atoms in total. The van der Waals surface area contributed by atoms with Gasteiger partial charge in [-0.05, 0) is 28.3 Å². The van der Waals surface area contributed by atoms with Gasteiger partial charge in [-0.3, -0.25) is 0 Å². The first kappa shape index (κ1) is 14.0. The van der Waals surface area contributed by atoms with Crippen LogP contribution in [0.25, 0.3) is 0 Å². The molecule has 0 unspecified atom stereocenters. The molecule has 2 aliphatic rings. The molecule has 2 rings (SSSR count). The van der Waals surface area contributed by atoms with Crippen molar-refractivity contribution in [2.75, 3.05) is 0 Å². The van der Waals surface area contributed by atoms with E-state index in [4.69, 9.17) is 66.5 Å². The summed E-state index contributed by atoms with van der Waals surface area (Å²) in [5.74, 6) is 0. The van der Waals surface area contributed by atoms with Crippen molar-refractivity contribution in [1.29, 1.82) is 0 Å². The molecule has 0 aliphatic carbocycles. The minimum absolute atomic E-state index is 0.820. The predicted molar refractivity (Wildman–Crippen MR) is 82.2 cm³/mol. The summed E-state index contributed by atoms with van der Waals surface area (Å²) in [7, 11) is -3.86. The number of fused-ring (bicyclic) bond motifs is 2. The Hall–Kier alpha value is 2.61. The topological polar surface area (TPSA) is 0 Å². The molecule has 88 valence electrons. The van der Waals surface area contributed by atoms with E-state index in [1.165, 1.54) is 0 Å². The highest BCUT2D eigenvalue weighted by atomic mass is 35.7. The molecule has 0 radical (unpaired) electrons. The maximum atomic E-state index is 6.69. The molecule has 10 heteroatoms. The van der Waals surface area contributed by atoms with Gasteiger partial charge in [0.15, 0.2) is 14.8 Å². The second-order valence-corrected chi connectivity index (χ2v) is 34.6. The molecule has 2 saturated heterocycles. The fourth-order valence-electron chi connectivity index (χ4n) is 2.92. The van der Waals surface area contributed by atoms with E-state index in [-0.39, 0.29) is 0 Å². The zero-order valence-electron chi connectivity index (χ0n) is 7.80. The summed E-state index contributed by atoms with van der Waals surface area (Å²) in [5.41, 5.74) is 4.28. The first-order valence-corrected chi connectivity index (χ1v) is 20.8. The molecule has 0 aromatic carbocycles. The van der Waals surface area contributed by atoms with Gasteiger partial charge in [0.2, 0.25) is 13.4 Å². The van der Waals surface area contributed by atoms with Gasteiger partial charge in [-0.25, -0.2) is 0 Å². The number of hydrogen-bond donors (Lipinski definition) is 0. The average molecular weight is 395 g/mol. The van der Waals surface area contributed by atoms with Crippen molar-refractivity contribution in [2.45, 2.75) is 28.3 Å². The van der Waals surface area contributed by atoms with Gasteiger partial charge in [0.05, 0.1) is 0 Å². The van der Waals surface area contributed by atoms with E-state index >= 15 is 0 Å². The molecule has 15 heavy (non-hydrogen) atoms. The van der Waals surface area contributed by atoms with Gasteiger partial charge < -0.3 is 0 Å². The van der Waals surface area contributed by atoms with Crippen LogP contribution in [0.15, 0.2) is 0 Å². The Balaban J connectivity index is 2.33. The van der Waals surface area contributed by atoms with Crippen molar-refractivity contribution in [2.24, 2.45) is 0 Å². The van der Waals surface area contributed by atoms with Crippen molar-refractivity contribution in [3.05, 3.63) is 0 Å². The standard InChI is InChI=1S/C5H10Cl6Si4/c6-12-1-13(7,4-14(8,9)2-12)5-15(10,11)3-12/h1-5H2. The number of rotatable bonds is 0. The zero-order valence-corrected chi connectivity index (χ0v) is 16.3. The van der Waals surface area contributed by atoms with Crippen molar-refractivity contribution >= 4 is 94.6 Å². The van der Waals surface area contributed by atoms with Crippen LogP contribution in [-0.4, -0.2) is 28.2 Å². The lowest BCUT2D eigenvalue weighted by Gasteiger charge is -2.49. The average Bonchev–Trinajstić information content (AvgIpc) is 1.67. The molecule has 0 atom stereocenters. The van der Waals surface area contributed by atoms with Crippen molar-refractivity contribution in [3.63, 3.8) is 0 Å². The molecule has 0 aromatic rings. The summed E-state index contributed by atoms with van der Waals surface area (Å²) in [6.45, 7) is -4.37. The first-order chi connectivity index (χ1) is 6.54. The van der Waals surface area contributed by atoms with Crippen LogP contribution in [0, 0.1) is 0 Å². The van der Waals surface area contributed by atoms with Gasteiger partial charge in [0.1, 0.15) is 0 Å². The molecule has 0 saturated carbocycles. The Bertz CT molecular complexity index is 238. The smallest absolute Gasteiger partial charge is 0.168 e. The van der Waals surface area contributed by atoms with Gasteiger partial charge in [0, 0.05) is 0 Å². The maximum absolute atomic E-state index is 6.69. The highest BCUT2D eigenvalue weighted by molar-refractivity contribution is 7.63. The SMILES string of the molecule is Cl[Si]1(Cl)C[Si]2(Cl)C[Si](Cl)(Cl)C[Si](Cl)(C1)C2. The molecule has 0 aromatic heterocycles. The Kier molecular flexibility index (Phi) is 3.79. The van der Waals surface area contributed by atoms with Gasteiger partial charge >= 0.3 is 0 Å². The summed E-state index contributed by atoms with van der Waals surface area (Å²) < 4.78 is 0. The fourth-order valence-corrected chi connectivity index (χ4v) is 72.1. The Labute approximate surface area is 122 Å². The van der Waals surface area contributed by atoms with Crippen molar-refractivity contribution < 1.29 is 0 Å². The molecule has 2 bridgehead atoms. The third kappa shape index (κ3) is 3.33. The van der Waals surface area contributed by atoms with Crippen LogP contribution in [0.5, 0.6) is 0 Å². The molecule has 0 spiro atoms. The number of hydrogen-bond acceptors (Lipinski definition) is 0. The molecule has 2 fully saturated rings. The van der Waals surface area contributed by atoms with Gasteiger partial charge in [-0.2, -0.15) is 22.2 Å². The Morgan fingerprint density at radius 3 is 1.00 bits per heavy atom. The van der Waals surface area contributed by atoms with E-state index in [1.54, 1.807) is 0 Å². The van der Waals surface area contributed by atoms with E-state index < -0.39 is 28.2 Å². The monoisotopic (exact) mass is 392 g/mol. The minimum Gasteiger partial charge on any atom is -0.168 e. The lowest BCUT2D eigenvalue weighted by atomic mass is 11.7. The summed E-state index contributed by atoms with van der Waals surface area (Å²) >= 11 is 38.9. The largest absolute Gasteiger partial charge is 0.248 e. The van der Waals surface area contributed by atoms with Crippen molar-refractivity contribution in [3.8, 4) is 0 Å². The van der Waals surface area contributed by atoms with Crippen LogP contribution in [0.4, 0.5) is 0 Å². The minimum atomic E-state index is -2.18. The second kappa shape index (κ2) is 4.05. The lowest BCUT2D eigenvalue weighted by molar-refractivity contribution is 1.41. The summed E-state index contributed by atoms with van der Waals surface area (Å²) in [4.78, 5) is 0. The third-order valence-electron chi connectivity index (χ3n) is 2.94. The van der Waals surface area contributed by atoms with Crippen LogP contribution in [-0.2, 0) is 0 Å². The quantitative estimate of drug-likeness (QED) is 0.404. The van der Waals surface area contributed by atoms with Gasteiger partial charge in [-0.15, -0.1) is 44.3 Å². The van der Waals surface area contributed by atoms with Crippen LogP contribution in [0.3, 0.4) is 0 Å². The fraction of sp³-hybridized carbons (Fsp3) is 1.00. The highest BCUT2D eigenvalue weighted by Crippen LogP contribution is 2.57. The molecule has 0 N–H and O–H groups in total. The normalized spacial score (nSPS) is 47.6. The van der Waals surface area contributed by atoms with Gasteiger partial charge in [0.25, 0.3) is 0 Å². The summed E-state index contributed by atoms with van der Waals surface area (Å²) in [5, 5.41) is 0. The maximum Gasteiger partial charge on any atom is 0.248 e. The Morgan fingerprint density at radius 1 is 0.467 bits per heavy atom. The van der Waals surface area contributed by atoms with Gasteiger partial charge in [-0.1, -0.05) is 0 Å². The molecular formula is C5H10Cl6Si4. The zero-order chi connectivity index (χ0) is 11.5. The molecule has 0 amide bonds. The Morgan fingerprint density at radius 2 is 0.733 bits per heavy atom. The van der Waals surface area contributed by atoms with Crippen LogP contribution in [0.2, 0.25) is 28.3 Å². The molecule has 2 heterocycles. The van der Waals surface area contributed by atoms with E-state index in [2.05, 4.69) is 0 Å². The predicted octanol–water partition coefficient (Wildman–Crippen LogP) is 4.92. The molecule has 2 aliphatic heterocycles. The summed E-state index contributed by atoms with van der Waals surface area (Å²) in [6.07, 6.45) is 0. The molecular weight excluding hydrogens is 385 g/mol. The van der Waals surface area contributed by atoms with E-state index in [0.717, 1.165) is 28.3 Å². The second-order valence-electron chi connectivity index (χ2n) is 4.90. The van der Waals surface area contributed by atoms with E-state index in [0.29, 0.717) is 0 Å². The van der Waals surface area contributed by atoms with Crippen molar-refractivity contribution in [1.82, 2.24) is 0 Å². The van der Waals surface area contributed by atoms with Crippen LogP contribution < -0.4 is 0 Å². The highest BCUT2D eigenvalue weighted by Gasteiger charge is 2.64. The van der Waals surface area contributed by atoms with Crippen LogP contribution >= 0.6 is 66.5 Å².